The Morgan fingerprint density at radius 1 is 1.35 bits per heavy atom. The molecule has 1 aromatic heterocycles. The normalized spacial score (nSPS) is 12.6. The van der Waals surface area contributed by atoms with E-state index >= 15 is 0 Å². The van der Waals surface area contributed by atoms with Crippen LogP contribution in [0.15, 0.2) is 39.2 Å². The van der Waals surface area contributed by atoms with Gasteiger partial charge in [-0.15, -0.1) is 0 Å². The lowest BCUT2D eigenvalue weighted by atomic mass is 10.2. The highest BCUT2D eigenvalue weighted by Gasteiger charge is 2.10. The lowest BCUT2D eigenvalue weighted by Gasteiger charge is -2.12. The number of furan rings is 1. The van der Waals surface area contributed by atoms with Gasteiger partial charge in [0, 0.05) is 16.1 Å². The lowest BCUT2D eigenvalue weighted by Crippen LogP contribution is -2.30. The van der Waals surface area contributed by atoms with E-state index in [4.69, 9.17) is 21.1 Å². The Labute approximate surface area is 132 Å². The van der Waals surface area contributed by atoms with Crippen LogP contribution >= 0.6 is 27.5 Å². The molecule has 0 aliphatic rings. The third-order valence-electron chi connectivity index (χ3n) is 3.14. The molecule has 5 heteroatoms. The van der Waals surface area contributed by atoms with Crippen molar-refractivity contribution in [1.29, 1.82) is 0 Å². The first-order chi connectivity index (χ1) is 9.63. The number of aliphatic hydroxyl groups excluding tert-OH is 1. The smallest absolute Gasteiger partial charge is 0.135 e. The third kappa shape index (κ3) is 3.85. The van der Waals surface area contributed by atoms with E-state index in [0.29, 0.717) is 11.6 Å². The summed E-state index contributed by atoms with van der Waals surface area (Å²) in [5.41, 5.74) is 0.871. The molecule has 1 heterocycles. The number of nitrogens with one attached hydrogen (secondary N) is 1. The van der Waals surface area contributed by atoms with Gasteiger partial charge < -0.3 is 14.8 Å². The Morgan fingerprint density at radius 2 is 2.15 bits per heavy atom. The molecule has 0 saturated carbocycles. The Morgan fingerprint density at radius 3 is 2.80 bits per heavy atom. The van der Waals surface area contributed by atoms with E-state index in [2.05, 4.69) is 21.2 Å². The van der Waals surface area contributed by atoms with Crippen LogP contribution < -0.4 is 5.32 Å². The summed E-state index contributed by atoms with van der Waals surface area (Å²) in [6.45, 7) is 2.75. The van der Waals surface area contributed by atoms with Crippen LogP contribution in [-0.2, 0) is 6.54 Å². The van der Waals surface area contributed by atoms with Crippen LogP contribution in [0.3, 0.4) is 0 Å². The predicted octanol–water partition coefficient (Wildman–Crippen LogP) is 4.22. The molecule has 1 unspecified atom stereocenters. The first kappa shape index (κ1) is 15.6. The van der Waals surface area contributed by atoms with Crippen molar-refractivity contribution in [2.75, 3.05) is 6.61 Å². The zero-order valence-electron chi connectivity index (χ0n) is 11.2. The minimum absolute atomic E-state index is 0.0971. The molecular formula is C15H17BrClNO2. The molecule has 2 aromatic rings. The van der Waals surface area contributed by atoms with Crippen LogP contribution in [0.25, 0.3) is 11.3 Å². The van der Waals surface area contributed by atoms with Crippen molar-refractivity contribution < 1.29 is 9.52 Å². The summed E-state index contributed by atoms with van der Waals surface area (Å²) in [6, 6.07) is 9.62. The highest BCUT2D eigenvalue weighted by molar-refractivity contribution is 9.10. The summed E-state index contributed by atoms with van der Waals surface area (Å²) < 4.78 is 6.72. The first-order valence-corrected chi connectivity index (χ1v) is 7.69. The molecule has 0 amide bonds. The van der Waals surface area contributed by atoms with Gasteiger partial charge in [0.05, 0.1) is 18.2 Å². The van der Waals surface area contributed by atoms with Gasteiger partial charge in [0.15, 0.2) is 0 Å². The zero-order valence-corrected chi connectivity index (χ0v) is 13.5. The van der Waals surface area contributed by atoms with Crippen LogP contribution in [0, 0.1) is 0 Å². The van der Waals surface area contributed by atoms with Crippen molar-refractivity contribution in [2.45, 2.75) is 25.9 Å². The minimum Gasteiger partial charge on any atom is -0.460 e. The van der Waals surface area contributed by atoms with Crippen LogP contribution in [0.4, 0.5) is 0 Å². The molecule has 0 fully saturated rings. The van der Waals surface area contributed by atoms with Crippen LogP contribution in [0.5, 0.6) is 0 Å². The number of benzene rings is 1. The molecule has 1 aromatic carbocycles. The standard InChI is InChI=1S/C15H17BrClNO2/c1-2-11(9-19)18-8-12-4-6-15(20-12)13-5-3-10(16)7-14(13)17/h3-7,11,18-19H,2,8-9H2,1H3. The van der Waals surface area contributed by atoms with E-state index in [1.54, 1.807) is 0 Å². The molecular weight excluding hydrogens is 342 g/mol. The molecule has 20 heavy (non-hydrogen) atoms. The van der Waals surface area contributed by atoms with E-state index in [0.717, 1.165) is 28.0 Å². The van der Waals surface area contributed by atoms with Crippen LogP contribution in [-0.4, -0.2) is 17.8 Å². The Bertz CT molecular complexity index is 567. The van der Waals surface area contributed by atoms with Crippen molar-refractivity contribution >= 4 is 27.5 Å². The zero-order chi connectivity index (χ0) is 14.5. The fourth-order valence-corrected chi connectivity index (χ4v) is 2.66. The quantitative estimate of drug-likeness (QED) is 0.812. The maximum absolute atomic E-state index is 9.13. The topological polar surface area (TPSA) is 45.4 Å². The summed E-state index contributed by atoms with van der Waals surface area (Å²) in [6.07, 6.45) is 0.878. The number of rotatable bonds is 6. The second-order valence-electron chi connectivity index (χ2n) is 4.56. The van der Waals surface area contributed by atoms with Crippen molar-refractivity contribution in [3.8, 4) is 11.3 Å². The van der Waals surface area contributed by atoms with Gasteiger partial charge in [0.2, 0.25) is 0 Å². The van der Waals surface area contributed by atoms with Crippen molar-refractivity contribution in [3.63, 3.8) is 0 Å². The maximum atomic E-state index is 9.13. The van der Waals surface area contributed by atoms with Crippen LogP contribution in [0.2, 0.25) is 5.02 Å². The molecule has 0 saturated heterocycles. The second kappa shape index (κ2) is 7.27. The molecule has 0 aliphatic carbocycles. The van der Waals surface area contributed by atoms with Gasteiger partial charge in [-0.1, -0.05) is 34.5 Å². The van der Waals surface area contributed by atoms with Gasteiger partial charge in [0.1, 0.15) is 11.5 Å². The summed E-state index contributed by atoms with van der Waals surface area (Å²) in [4.78, 5) is 0. The number of hydrogen-bond donors (Lipinski definition) is 2. The van der Waals surface area contributed by atoms with E-state index in [1.165, 1.54) is 0 Å². The van der Waals surface area contributed by atoms with Crippen molar-refractivity contribution in [3.05, 3.63) is 45.6 Å². The van der Waals surface area contributed by atoms with Crippen molar-refractivity contribution in [2.24, 2.45) is 0 Å². The third-order valence-corrected chi connectivity index (χ3v) is 3.94. The van der Waals surface area contributed by atoms with Crippen molar-refractivity contribution in [1.82, 2.24) is 5.32 Å². The molecule has 0 aliphatic heterocycles. The highest BCUT2D eigenvalue weighted by Crippen LogP contribution is 2.31. The Hall–Kier alpha value is -0.810. The van der Waals surface area contributed by atoms with Crippen LogP contribution in [0.1, 0.15) is 19.1 Å². The monoisotopic (exact) mass is 357 g/mol. The van der Waals surface area contributed by atoms with Gasteiger partial charge in [-0.05, 0) is 36.8 Å². The maximum Gasteiger partial charge on any atom is 0.135 e. The van der Waals surface area contributed by atoms with E-state index in [1.807, 2.05) is 37.3 Å². The molecule has 2 N–H and O–H groups in total. The molecule has 108 valence electrons. The minimum atomic E-state index is 0.0971. The van der Waals surface area contributed by atoms with Gasteiger partial charge in [0.25, 0.3) is 0 Å². The number of halogens is 2. The van der Waals surface area contributed by atoms with Gasteiger partial charge in [-0.25, -0.2) is 0 Å². The molecule has 0 spiro atoms. The van der Waals surface area contributed by atoms with E-state index in [-0.39, 0.29) is 12.6 Å². The van der Waals surface area contributed by atoms with Gasteiger partial charge in [-0.3, -0.25) is 0 Å². The molecule has 0 bridgehead atoms. The Balaban J connectivity index is 2.08. The average Bonchev–Trinajstić information content (AvgIpc) is 2.88. The summed E-state index contributed by atoms with van der Waals surface area (Å²) in [5.74, 6) is 1.57. The number of aliphatic hydroxyl groups is 1. The first-order valence-electron chi connectivity index (χ1n) is 6.52. The highest BCUT2D eigenvalue weighted by atomic mass is 79.9. The largest absolute Gasteiger partial charge is 0.460 e. The van der Waals surface area contributed by atoms with Gasteiger partial charge in [-0.2, -0.15) is 0 Å². The lowest BCUT2D eigenvalue weighted by molar-refractivity contribution is 0.235. The second-order valence-corrected chi connectivity index (χ2v) is 5.88. The fraction of sp³-hybridized carbons (Fsp3) is 0.333. The predicted molar refractivity (Wildman–Crippen MR) is 84.9 cm³/mol. The fourth-order valence-electron chi connectivity index (χ4n) is 1.89. The Kier molecular flexibility index (Phi) is 5.66. The molecule has 3 nitrogen and oxygen atoms in total. The summed E-state index contributed by atoms with van der Waals surface area (Å²) in [5, 5.41) is 13.0. The molecule has 0 radical (unpaired) electrons. The van der Waals surface area contributed by atoms with Gasteiger partial charge >= 0.3 is 0 Å². The molecule has 1 atom stereocenters. The molecule has 2 rings (SSSR count). The summed E-state index contributed by atoms with van der Waals surface area (Å²) in [7, 11) is 0. The average molecular weight is 359 g/mol. The summed E-state index contributed by atoms with van der Waals surface area (Å²) >= 11 is 9.59. The van der Waals surface area contributed by atoms with E-state index < -0.39 is 0 Å². The SMILES string of the molecule is CCC(CO)NCc1ccc(-c2ccc(Br)cc2Cl)o1. The van der Waals surface area contributed by atoms with E-state index in [9.17, 15) is 0 Å². The number of hydrogen-bond acceptors (Lipinski definition) is 3.